The number of halogens is 2. The van der Waals surface area contributed by atoms with Crippen LogP contribution >= 0.6 is 26.6 Å². The highest BCUT2D eigenvalue weighted by Crippen LogP contribution is 2.39. The van der Waals surface area contributed by atoms with Gasteiger partial charge in [0, 0.05) is 20.6 Å². The van der Waals surface area contributed by atoms with Crippen molar-refractivity contribution in [1.29, 1.82) is 0 Å². The Bertz CT molecular complexity index is 682. The van der Waals surface area contributed by atoms with Gasteiger partial charge < -0.3 is 5.32 Å². The van der Waals surface area contributed by atoms with Crippen LogP contribution in [0.4, 0.5) is 5.69 Å². The van der Waals surface area contributed by atoms with Gasteiger partial charge in [0.05, 0.1) is 10.6 Å². The molecule has 1 N–H and O–H groups in total. The Kier molecular flexibility index (Phi) is 4.71. The predicted octanol–water partition coefficient (Wildman–Crippen LogP) is 4.20. The molecule has 1 aliphatic carbocycles. The molecular formula is C14H17BrClNO3S. The van der Waals surface area contributed by atoms with E-state index in [1.165, 1.54) is 6.07 Å². The number of rotatable bonds is 3. The van der Waals surface area contributed by atoms with Crippen molar-refractivity contribution in [2.45, 2.75) is 44.4 Å². The highest BCUT2D eigenvalue weighted by molar-refractivity contribution is 9.10. The highest BCUT2D eigenvalue weighted by atomic mass is 79.9. The number of benzene rings is 1. The molecule has 1 fully saturated rings. The number of amides is 1. The van der Waals surface area contributed by atoms with Crippen LogP contribution in [0.5, 0.6) is 0 Å². The standard InChI is InChI=1S/C14H17BrClNO3S/c1-9-7-11(10(15)8-12(9)21(16,19)20)17-13(18)14(2)5-3-4-6-14/h7-8H,3-6H2,1-2H3,(H,17,18). The van der Waals surface area contributed by atoms with Crippen molar-refractivity contribution >= 4 is 47.3 Å². The average Bonchev–Trinajstić information content (AvgIpc) is 2.80. The van der Waals surface area contributed by atoms with Gasteiger partial charge in [0.25, 0.3) is 9.05 Å². The van der Waals surface area contributed by atoms with Gasteiger partial charge >= 0.3 is 0 Å². The predicted molar refractivity (Wildman–Crippen MR) is 87.1 cm³/mol. The minimum Gasteiger partial charge on any atom is -0.325 e. The summed E-state index contributed by atoms with van der Waals surface area (Å²) in [6.45, 7) is 3.61. The van der Waals surface area contributed by atoms with Gasteiger partial charge in [0.2, 0.25) is 5.91 Å². The molecule has 0 unspecified atom stereocenters. The smallest absolute Gasteiger partial charge is 0.261 e. The summed E-state index contributed by atoms with van der Waals surface area (Å²) >= 11 is 3.29. The van der Waals surface area contributed by atoms with E-state index in [4.69, 9.17) is 10.7 Å². The largest absolute Gasteiger partial charge is 0.325 e. The van der Waals surface area contributed by atoms with Crippen LogP contribution in [0.15, 0.2) is 21.5 Å². The van der Waals surface area contributed by atoms with E-state index in [1.54, 1.807) is 13.0 Å². The van der Waals surface area contributed by atoms with Crippen molar-refractivity contribution in [2.24, 2.45) is 5.41 Å². The fourth-order valence-corrected chi connectivity index (χ4v) is 4.47. The molecule has 116 valence electrons. The number of carbonyl (C=O) groups excluding carboxylic acids is 1. The number of anilines is 1. The fraction of sp³-hybridized carbons (Fsp3) is 0.500. The van der Waals surface area contributed by atoms with E-state index in [0.29, 0.717) is 15.7 Å². The van der Waals surface area contributed by atoms with Crippen LogP contribution in [-0.2, 0) is 13.8 Å². The lowest BCUT2D eigenvalue weighted by Gasteiger charge is -2.23. The van der Waals surface area contributed by atoms with Gasteiger partial charge in [-0.1, -0.05) is 19.8 Å². The maximum absolute atomic E-state index is 12.4. The molecule has 0 atom stereocenters. The normalized spacial score (nSPS) is 17.7. The third kappa shape index (κ3) is 3.60. The molecule has 1 aromatic rings. The summed E-state index contributed by atoms with van der Waals surface area (Å²) < 4.78 is 23.4. The molecular weight excluding hydrogens is 378 g/mol. The van der Waals surface area contributed by atoms with Gasteiger partial charge in [0.15, 0.2) is 0 Å². The van der Waals surface area contributed by atoms with Crippen LogP contribution in [0.25, 0.3) is 0 Å². The van der Waals surface area contributed by atoms with Gasteiger partial charge in [-0.05, 0) is 53.4 Å². The van der Waals surface area contributed by atoms with Crippen LogP contribution in [0.2, 0.25) is 0 Å². The quantitative estimate of drug-likeness (QED) is 0.781. The van der Waals surface area contributed by atoms with Crippen LogP contribution in [0, 0.1) is 12.3 Å². The van der Waals surface area contributed by atoms with Crippen molar-refractivity contribution in [3.63, 3.8) is 0 Å². The first-order chi connectivity index (χ1) is 9.63. The maximum Gasteiger partial charge on any atom is 0.261 e. The van der Waals surface area contributed by atoms with Crippen molar-refractivity contribution in [2.75, 3.05) is 5.32 Å². The number of aryl methyl sites for hydroxylation is 1. The average molecular weight is 395 g/mol. The molecule has 7 heteroatoms. The summed E-state index contributed by atoms with van der Waals surface area (Å²) in [5.41, 5.74) is 0.722. The van der Waals surface area contributed by atoms with Crippen LogP contribution in [-0.4, -0.2) is 14.3 Å². The molecule has 1 aromatic carbocycles. The van der Waals surface area contributed by atoms with E-state index in [2.05, 4.69) is 21.2 Å². The summed E-state index contributed by atoms with van der Waals surface area (Å²) in [4.78, 5) is 12.4. The van der Waals surface area contributed by atoms with Crippen molar-refractivity contribution < 1.29 is 13.2 Å². The second-order valence-corrected chi connectivity index (χ2v) is 9.15. The van der Waals surface area contributed by atoms with E-state index >= 15 is 0 Å². The lowest BCUT2D eigenvalue weighted by molar-refractivity contribution is -0.124. The van der Waals surface area contributed by atoms with E-state index in [9.17, 15) is 13.2 Å². The summed E-state index contributed by atoms with van der Waals surface area (Å²) in [7, 11) is 1.58. The SMILES string of the molecule is Cc1cc(NC(=O)C2(C)CCCC2)c(Br)cc1S(=O)(=O)Cl. The van der Waals surface area contributed by atoms with Gasteiger partial charge in [0.1, 0.15) is 0 Å². The molecule has 1 saturated carbocycles. The van der Waals surface area contributed by atoms with Gasteiger partial charge in [-0.3, -0.25) is 4.79 Å². The maximum atomic E-state index is 12.4. The van der Waals surface area contributed by atoms with E-state index in [-0.39, 0.29) is 16.2 Å². The van der Waals surface area contributed by atoms with Crippen molar-refractivity contribution in [3.05, 3.63) is 22.2 Å². The molecule has 0 spiro atoms. The first-order valence-corrected chi connectivity index (χ1v) is 9.80. The van der Waals surface area contributed by atoms with E-state index < -0.39 is 9.05 Å². The third-order valence-corrected chi connectivity index (χ3v) is 6.15. The second-order valence-electron chi connectivity index (χ2n) is 5.76. The van der Waals surface area contributed by atoms with Crippen LogP contribution in [0.1, 0.15) is 38.2 Å². The first-order valence-electron chi connectivity index (χ1n) is 6.70. The fourth-order valence-electron chi connectivity index (χ4n) is 2.68. The lowest BCUT2D eigenvalue weighted by Crippen LogP contribution is -2.31. The molecule has 1 amide bonds. The molecule has 21 heavy (non-hydrogen) atoms. The summed E-state index contributed by atoms with van der Waals surface area (Å²) in [6.07, 6.45) is 3.88. The minimum atomic E-state index is -3.80. The first kappa shape index (κ1) is 16.8. The lowest BCUT2D eigenvalue weighted by atomic mass is 9.88. The molecule has 0 heterocycles. The molecule has 1 aliphatic rings. The summed E-state index contributed by atoms with van der Waals surface area (Å²) in [6, 6.07) is 3.04. The van der Waals surface area contributed by atoms with Crippen LogP contribution in [0.3, 0.4) is 0 Å². The summed E-state index contributed by atoms with van der Waals surface area (Å²) in [5, 5.41) is 2.89. The van der Waals surface area contributed by atoms with Gasteiger partial charge in [-0.25, -0.2) is 8.42 Å². The zero-order valence-corrected chi connectivity index (χ0v) is 15.0. The monoisotopic (exact) mass is 393 g/mol. The number of hydrogen-bond donors (Lipinski definition) is 1. The van der Waals surface area contributed by atoms with Gasteiger partial charge in [-0.15, -0.1) is 0 Å². The zero-order chi connectivity index (χ0) is 15.8. The molecule has 0 bridgehead atoms. The molecule has 0 radical (unpaired) electrons. The Balaban J connectivity index is 2.30. The zero-order valence-electron chi connectivity index (χ0n) is 11.9. The number of carbonyl (C=O) groups is 1. The van der Waals surface area contributed by atoms with E-state index in [1.807, 2.05) is 6.92 Å². The Hall–Kier alpha value is -0.590. The molecule has 2 rings (SSSR count). The molecule has 0 saturated heterocycles. The Morgan fingerprint density at radius 1 is 1.33 bits per heavy atom. The number of hydrogen-bond acceptors (Lipinski definition) is 3. The molecule has 0 aromatic heterocycles. The van der Waals surface area contributed by atoms with Crippen LogP contribution < -0.4 is 5.32 Å². The molecule has 0 aliphatic heterocycles. The Morgan fingerprint density at radius 3 is 2.43 bits per heavy atom. The topological polar surface area (TPSA) is 63.2 Å². The Morgan fingerprint density at radius 2 is 1.90 bits per heavy atom. The van der Waals surface area contributed by atoms with E-state index in [0.717, 1.165) is 25.7 Å². The molecule has 4 nitrogen and oxygen atoms in total. The summed E-state index contributed by atoms with van der Waals surface area (Å²) in [5.74, 6) is -0.0263. The highest BCUT2D eigenvalue weighted by Gasteiger charge is 2.36. The van der Waals surface area contributed by atoms with Crippen molar-refractivity contribution in [1.82, 2.24) is 0 Å². The minimum absolute atomic E-state index is 0.0263. The number of nitrogens with one attached hydrogen (secondary N) is 1. The Labute approximate surface area is 137 Å². The second kappa shape index (κ2) is 5.89. The van der Waals surface area contributed by atoms with Crippen molar-refractivity contribution in [3.8, 4) is 0 Å². The van der Waals surface area contributed by atoms with Gasteiger partial charge in [-0.2, -0.15) is 0 Å². The third-order valence-electron chi connectivity index (χ3n) is 4.03.